The smallest absolute Gasteiger partial charge is 0.319 e. The molecule has 9 heteroatoms. The van der Waals surface area contributed by atoms with Crippen LogP contribution in [0, 0.1) is 0 Å². The summed E-state index contributed by atoms with van der Waals surface area (Å²) in [6.45, 7) is -0.0373. The number of oxazole rings is 1. The Balaban J connectivity index is 1.43. The van der Waals surface area contributed by atoms with E-state index in [9.17, 15) is 9.59 Å². The second kappa shape index (κ2) is 9.52. The van der Waals surface area contributed by atoms with Crippen LogP contribution in [0.3, 0.4) is 0 Å². The van der Waals surface area contributed by atoms with Crippen LogP contribution in [0.15, 0.2) is 68.1 Å². The molecule has 2 aromatic carbocycles. The molecule has 0 aliphatic rings. The van der Waals surface area contributed by atoms with Crippen LogP contribution >= 0.6 is 31.9 Å². The van der Waals surface area contributed by atoms with Gasteiger partial charge in [-0.15, -0.1) is 0 Å². The summed E-state index contributed by atoms with van der Waals surface area (Å²) < 4.78 is 7.48. The lowest BCUT2D eigenvalue weighted by Crippen LogP contribution is -2.38. The largest absolute Gasteiger partial charge is 0.439 e. The van der Waals surface area contributed by atoms with E-state index in [0.717, 1.165) is 14.5 Å². The summed E-state index contributed by atoms with van der Waals surface area (Å²) in [7, 11) is 0. The quantitative estimate of drug-likeness (QED) is 0.463. The molecule has 0 saturated carbocycles. The van der Waals surface area contributed by atoms with E-state index in [-0.39, 0.29) is 19.0 Å². The van der Waals surface area contributed by atoms with Crippen LogP contribution in [0.4, 0.5) is 10.5 Å². The normalized spacial score (nSPS) is 10.4. The van der Waals surface area contributed by atoms with E-state index < -0.39 is 6.03 Å². The molecule has 3 aromatic rings. The zero-order valence-electron chi connectivity index (χ0n) is 14.5. The maximum absolute atomic E-state index is 11.9. The first kappa shape index (κ1) is 20.1. The van der Waals surface area contributed by atoms with Crippen molar-refractivity contribution in [1.29, 1.82) is 0 Å². The van der Waals surface area contributed by atoms with Crippen LogP contribution in [0.5, 0.6) is 0 Å². The number of nitrogens with zero attached hydrogens (tertiary/aromatic N) is 1. The lowest BCUT2D eigenvalue weighted by molar-refractivity contribution is -0.120. The van der Waals surface area contributed by atoms with Crippen molar-refractivity contribution in [3.8, 4) is 11.3 Å². The number of carbonyl (C=O) groups is 2. The number of anilines is 1. The zero-order chi connectivity index (χ0) is 19.9. The molecule has 1 heterocycles. The van der Waals surface area contributed by atoms with Gasteiger partial charge >= 0.3 is 6.03 Å². The molecule has 28 heavy (non-hydrogen) atoms. The van der Waals surface area contributed by atoms with E-state index in [1.807, 2.05) is 24.3 Å². The monoisotopic (exact) mass is 506 g/mol. The lowest BCUT2D eigenvalue weighted by atomic mass is 10.2. The van der Waals surface area contributed by atoms with Gasteiger partial charge in [0.05, 0.1) is 19.3 Å². The van der Waals surface area contributed by atoms with Crippen LogP contribution in [-0.4, -0.2) is 23.5 Å². The molecule has 0 saturated heterocycles. The number of hydrogen-bond donors (Lipinski definition) is 3. The first-order valence-electron chi connectivity index (χ1n) is 8.27. The standard InChI is InChI=1S/C19H16Br2N4O3/c20-13-4-6-15(7-5-13)25-19(27)24-10-17(26)22-11-18-23-9-16(28-18)12-2-1-3-14(21)8-12/h1-9H,10-11H2,(H,22,26)(H2,24,25,27). The number of nitrogens with one attached hydrogen (secondary N) is 3. The van der Waals surface area contributed by atoms with E-state index >= 15 is 0 Å². The van der Waals surface area contributed by atoms with Gasteiger partial charge in [0.25, 0.3) is 0 Å². The predicted octanol–water partition coefficient (Wildman–Crippen LogP) is 4.30. The van der Waals surface area contributed by atoms with Crippen molar-refractivity contribution in [2.45, 2.75) is 6.54 Å². The number of aromatic nitrogens is 1. The molecular formula is C19H16Br2N4O3. The van der Waals surface area contributed by atoms with Gasteiger partial charge in [-0.1, -0.05) is 44.0 Å². The number of rotatable bonds is 6. The fourth-order valence-corrected chi connectivity index (χ4v) is 2.94. The SMILES string of the molecule is O=C(CNC(=O)Nc1ccc(Br)cc1)NCc1ncc(-c2cccc(Br)c2)o1. The molecule has 0 unspecified atom stereocenters. The Morgan fingerprint density at radius 3 is 2.54 bits per heavy atom. The highest BCUT2D eigenvalue weighted by Crippen LogP contribution is 2.23. The first-order valence-corrected chi connectivity index (χ1v) is 9.86. The molecule has 3 rings (SSSR count). The number of urea groups is 1. The highest BCUT2D eigenvalue weighted by atomic mass is 79.9. The molecule has 3 N–H and O–H groups in total. The molecule has 0 spiro atoms. The Kier molecular flexibility index (Phi) is 6.83. The first-order chi connectivity index (χ1) is 13.5. The summed E-state index contributed by atoms with van der Waals surface area (Å²) in [6.07, 6.45) is 1.60. The van der Waals surface area contributed by atoms with Gasteiger partial charge in [0.1, 0.15) is 0 Å². The maximum atomic E-state index is 11.9. The van der Waals surface area contributed by atoms with Crippen molar-refractivity contribution < 1.29 is 14.0 Å². The van der Waals surface area contributed by atoms with Gasteiger partial charge < -0.3 is 20.4 Å². The minimum absolute atomic E-state index is 0.128. The molecule has 0 radical (unpaired) electrons. The number of amides is 3. The fraction of sp³-hybridized carbons (Fsp3) is 0.105. The van der Waals surface area contributed by atoms with E-state index in [0.29, 0.717) is 17.3 Å². The topological polar surface area (TPSA) is 96.3 Å². The Morgan fingerprint density at radius 1 is 1.00 bits per heavy atom. The second-order valence-corrected chi connectivity index (χ2v) is 7.55. The maximum Gasteiger partial charge on any atom is 0.319 e. The van der Waals surface area contributed by atoms with Crippen molar-refractivity contribution >= 4 is 49.5 Å². The van der Waals surface area contributed by atoms with Crippen molar-refractivity contribution in [2.75, 3.05) is 11.9 Å². The van der Waals surface area contributed by atoms with Crippen LogP contribution in [-0.2, 0) is 11.3 Å². The minimum Gasteiger partial charge on any atom is -0.439 e. The van der Waals surface area contributed by atoms with Gasteiger partial charge in [-0.3, -0.25) is 4.79 Å². The summed E-state index contributed by atoms with van der Waals surface area (Å²) >= 11 is 6.73. The summed E-state index contributed by atoms with van der Waals surface area (Å²) in [4.78, 5) is 27.9. The van der Waals surface area contributed by atoms with Crippen molar-refractivity contribution in [2.24, 2.45) is 0 Å². The average molecular weight is 508 g/mol. The van der Waals surface area contributed by atoms with Gasteiger partial charge in [0.2, 0.25) is 11.8 Å². The van der Waals surface area contributed by atoms with Crippen LogP contribution in [0.1, 0.15) is 5.89 Å². The molecular weight excluding hydrogens is 492 g/mol. The van der Waals surface area contributed by atoms with Gasteiger partial charge in [-0.05, 0) is 36.4 Å². The van der Waals surface area contributed by atoms with Gasteiger partial charge in [0.15, 0.2) is 5.76 Å². The molecule has 0 bridgehead atoms. The molecule has 1 aromatic heterocycles. The van der Waals surface area contributed by atoms with Crippen molar-refractivity contribution in [3.05, 3.63) is 69.6 Å². The third-order valence-electron chi connectivity index (χ3n) is 3.61. The minimum atomic E-state index is -0.467. The molecule has 0 atom stereocenters. The summed E-state index contributed by atoms with van der Waals surface area (Å²) in [5.74, 6) is 0.633. The highest BCUT2D eigenvalue weighted by Gasteiger charge is 2.09. The van der Waals surface area contributed by atoms with Crippen LogP contribution in [0.2, 0.25) is 0 Å². The van der Waals surface area contributed by atoms with Crippen molar-refractivity contribution in [1.82, 2.24) is 15.6 Å². The molecule has 0 fully saturated rings. The Bertz CT molecular complexity index is 973. The molecule has 0 aliphatic carbocycles. The van der Waals surface area contributed by atoms with E-state index in [4.69, 9.17) is 4.42 Å². The van der Waals surface area contributed by atoms with Crippen LogP contribution in [0.25, 0.3) is 11.3 Å². The lowest BCUT2D eigenvalue weighted by Gasteiger charge is -2.07. The summed E-state index contributed by atoms with van der Waals surface area (Å²) in [5.41, 5.74) is 1.51. The van der Waals surface area contributed by atoms with Crippen molar-refractivity contribution in [3.63, 3.8) is 0 Å². The average Bonchev–Trinajstić information content (AvgIpc) is 3.16. The van der Waals surface area contributed by atoms with Gasteiger partial charge in [-0.2, -0.15) is 0 Å². The van der Waals surface area contributed by atoms with Gasteiger partial charge in [0, 0.05) is 20.2 Å². The summed E-state index contributed by atoms with van der Waals surface area (Å²) in [6, 6.07) is 14.3. The van der Waals surface area contributed by atoms with E-state index in [1.165, 1.54) is 0 Å². The molecule has 7 nitrogen and oxygen atoms in total. The third kappa shape index (κ3) is 5.93. The predicted molar refractivity (Wildman–Crippen MR) is 113 cm³/mol. The Labute approximate surface area is 178 Å². The molecule has 144 valence electrons. The molecule has 0 aliphatic heterocycles. The Morgan fingerprint density at radius 2 is 1.79 bits per heavy atom. The second-order valence-electron chi connectivity index (χ2n) is 5.72. The number of carbonyl (C=O) groups excluding carboxylic acids is 2. The molecule has 3 amide bonds. The highest BCUT2D eigenvalue weighted by molar-refractivity contribution is 9.10. The number of hydrogen-bond acceptors (Lipinski definition) is 4. The number of benzene rings is 2. The summed E-state index contributed by atoms with van der Waals surface area (Å²) in [5, 5.41) is 7.78. The fourth-order valence-electron chi connectivity index (χ4n) is 2.27. The Hall–Kier alpha value is -2.65. The van der Waals surface area contributed by atoms with E-state index in [1.54, 1.807) is 30.5 Å². The third-order valence-corrected chi connectivity index (χ3v) is 4.63. The zero-order valence-corrected chi connectivity index (χ0v) is 17.7. The van der Waals surface area contributed by atoms with Gasteiger partial charge in [-0.25, -0.2) is 9.78 Å². The van der Waals surface area contributed by atoms with Crippen LogP contribution < -0.4 is 16.0 Å². The number of halogens is 2. The van der Waals surface area contributed by atoms with E-state index in [2.05, 4.69) is 52.8 Å².